The van der Waals surface area contributed by atoms with Crippen molar-refractivity contribution in [2.24, 2.45) is 0 Å². The molecule has 0 bridgehead atoms. The summed E-state index contributed by atoms with van der Waals surface area (Å²) in [4.78, 5) is 20.4. The molecular formula is C14H21N3O2S. The number of carboxylic acid groups (broad SMARTS) is 1. The zero-order valence-electron chi connectivity index (χ0n) is 12.1. The van der Waals surface area contributed by atoms with Crippen LogP contribution in [-0.2, 0) is 4.79 Å². The largest absolute Gasteiger partial charge is 0.480 e. The molecule has 5 nitrogen and oxygen atoms in total. The number of thioether (sulfide) groups is 1. The third kappa shape index (κ3) is 3.30. The molecule has 110 valence electrons. The van der Waals surface area contributed by atoms with Gasteiger partial charge in [0, 0.05) is 16.6 Å². The van der Waals surface area contributed by atoms with Crippen LogP contribution >= 0.6 is 11.8 Å². The Labute approximate surface area is 123 Å². The van der Waals surface area contributed by atoms with E-state index in [1.54, 1.807) is 11.8 Å². The number of rotatable bonds is 5. The van der Waals surface area contributed by atoms with Crippen LogP contribution in [0, 0.1) is 13.8 Å². The van der Waals surface area contributed by atoms with E-state index in [0.717, 1.165) is 23.0 Å². The summed E-state index contributed by atoms with van der Waals surface area (Å²) in [6.07, 6.45) is 2.16. The Hall–Kier alpha value is -1.14. The molecule has 0 radical (unpaired) electrons. The lowest BCUT2D eigenvalue weighted by atomic mass is 9.98. The fourth-order valence-corrected chi connectivity index (χ4v) is 4.06. The molecule has 0 saturated heterocycles. The molecule has 2 rings (SSSR count). The van der Waals surface area contributed by atoms with Gasteiger partial charge in [-0.15, -0.1) is 0 Å². The van der Waals surface area contributed by atoms with E-state index in [-0.39, 0.29) is 5.25 Å². The van der Waals surface area contributed by atoms with E-state index < -0.39 is 11.5 Å². The molecule has 2 N–H and O–H groups in total. The van der Waals surface area contributed by atoms with E-state index in [1.165, 1.54) is 0 Å². The Morgan fingerprint density at radius 2 is 2.15 bits per heavy atom. The number of carbonyl (C=O) groups is 1. The summed E-state index contributed by atoms with van der Waals surface area (Å²) in [5.41, 5.74) is 1.13. The van der Waals surface area contributed by atoms with Crippen LogP contribution < -0.4 is 5.32 Å². The Morgan fingerprint density at radius 1 is 1.50 bits per heavy atom. The van der Waals surface area contributed by atoms with Crippen LogP contribution in [0.5, 0.6) is 0 Å². The maximum Gasteiger partial charge on any atom is 0.323 e. The molecule has 2 unspecified atom stereocenters. The molecule has 20 heavy (non-hydrogen) atoms. The fraction of sp³-hybridized carbons (Fsp3) is 0.643. The highest BCUT2D eigenvalue weighted by Crippen LogP contribution is 2.39. The van der Waals surface area contributed by atoms with Crippen LogP contribution in [0.3, 0.4) is 0 Å². The van der Waals surface area contributed by atoms with Crippen molar-refractivity contribution in [2.45, 2.75) is 56.0 Å². The van der Waals surface area contributed by atoms with Crippen molar-refractivity contribution in [3.63, 3.8) is 0 Å². The van der Waals surface area contributed by atoms with E-state index in [9.17, 15) is 9.90 Å². The monoisotopic (exact) mass is 295 g/mol. The van der Waals surface area contributed by atoms with Crippen molar-refractivity contribution >= 4 is 17.7 Å². The second-order valence-corrected chi connectivity index (χ2v) is 6.60. The van der Waals surface area contributed by atoms with E-state index in [0.29, 0.717) is 19.4 Å². The number of carboxylic acids is 1. The predicted molar refractivity (Wildman–Crippen MR) is 79.0 cm³/mol. The van der Waals surface area contributed by atoms with E-state index in [2.05, 4.69) is 15.3 Å². The van der Waals surface area contributed by atoms with Crippen molar-refractivity contribution < 1.29 is 9.90 Å². The van der Waals surface area contributed by atoms with Crippen molar-refractivity contribution in [3.8, 4) is 0 Å². The summed E-state index contributed by atoms with van der Waals surface area (Å²) < 4.78 is 0. The normalized spacial score (nSPS) is 25.9. The number of hydrogen-bond acceptors (Lipinski definition) is 5. The molecule has 0 spiro atoms. The first-order valence-electron chi connectivity index (χ1n) is 6.92. The first-order valence-corrected chi connectivity index (χ1v) is 7.80. The van der Waals surface area contributed by atoms with Gasteiger partial charge < -0.3 is 10.4 Å². The van der Waals surface area contributed by atoms with Crippen molar-refractivity contribution in [1.29, 1.82) is 0 Å². The maximum absolute atomic E-state index is 11.5. The van der Waals surface area contributed by atoms with Gasteiger partial charge in [-0.2, -0.15) is 0 Å². The molecule has 0 aliphatic heterocycles. The molecule has 1 fully saturated rings. The Balaban J connectivity index is 2.07. The van der Waals surface area contributed by atoms with E-state index >= 15 is 0 Å². The van der Waals surface area contributed by atoms with Crippen molar-refractivity contribution in [1.82, 2.24) is 15.3 Å². The third-order valence-corrected chi connectivity index (χ3v) is 4.76. The Kier molecular flexibility index (Phi) is 4.65. The number of aryl methyl sites for hydroxylation is 2. The van der Waals surface area contributed by atoms with Gasteiger partial charge in [-0.1, -0.05) is 18.7 Å². The first kappa shape index (κ1) is 15.3. The van der Waals surface area contributed by atoms with Crippen LogP contribution in [0.2, 0.25) is 0 Å². The second-order valence-electron chi connectivity index (χ2n) is 5.33. The minimum Gasteiger partial charge on any atom is -0.480 e. The van der Waals surface area contributed by atoms with Gasteiger partial charge >= 0.3 is 5.97 Å². The highest BCUT2D eigenvalue weighted by atomic mass is 32.2. The van der Waals surface area contributed by atoms with Gasteiger partial charge in [0.2, 0.25) is 0 Å². The summed E-state index contributed by atoms with van der Waals surface area (Å²) in [7, 11) is 0. The molecule has 1 saturated carbocycles. The number of likely N-dealkylation sites (N-methyl/N-ethyl adjacent to an activating group) is 1. The third-order valence-electron chi connectivity index (χ3n) is 3.63. The fourth-order valence-electron chi connectivity index (χ4n) is 2.76. The molecule has 1 aromatic rings. The Bertz CT molecular complexity index is 489. The molecule has 1 aliphatic rings. The highest BCUT2D eigenvalue weighted by Gasteiger charge is 2.45. The second kappa shape index (κ2) is 6.10. The van der Waals surface area contributed by atoms with Gasteiger partial charge in [0.15, 0.2) is 5.16 Å². The van der Waals surface area contributed by atoms with Gasteiger partial charge in [0.05, 0.1) is 0 Å². The van der Waals surface area contributed by atoms with Crippen molar-refractivity contribution in [2.75, 3.05) is 6.54 Å². The van der Waals surface area contributed by atoms with Crippen molar-refractivity contribution in [3.05, 3.63) is 17.5 Å². The molecular weight excluding hydrogens is 274 g/mol. The van der Waals surface area contributed by atoms with Gasteiger partial charge in [-0.3, -0.25) is 4.79 Å². The lowest BCUT2D eigenvalue weighted by molar-refractivity contribution is -0.144. The molecule has 6 heteroatoms. The molecule has 1 aliphatic carbocycles. The molecule has 0 aromatic carbocycles. The van der Waals surface area contributed by atoms with Crippen LogP contribution in [0.15, 0.2) is 11.2 Å². The lowest BCUT2D eigenvalue weighted by Crippen LogP contribution is -2.50. The van der Waals surface area contributed by atoms with Crippen LogP contribution in [0.1, 0.15) is 37.6 Å². The highest BCUT2D eigenvalue weighted by molar-refractivity contribution is 7.99. The molecule has 0 amide bonds. The Morgan fingerprint density at radius 3 is 2.70 bits per heavy atom. The quantitative estimate of drug-likeness (QED) is 0.811. The smallest absolute Gasteiger partial charge is 0.323 e. The van der Waals surface area contributed by atoms with Gasteiger partial charge in [-0.05, 0) is 45.7 Å². The summed E-state index contributed by atoms with van der Waals surface area (Å²) in [5, 5.41) is 13.6. The van der Waals surface area contributed by atoms with Gasteiger partial charge in [-0.25, -0.2) is 9.97 Å². The standard InChI is InChI=1S/C14H21N3O2S/c1-4-15-14(12(18)19)6-5-11(8-14)20-13-16-9(2)7-10(3)17-13/h7,11,15H,4-6,8H2,1-3H3,(H,18,19). The number of hydrogen-bond donors (Lipinski definition) is 2. The van der Waals surface area contributed by atoms with Crippen LogP contribution in [0.25, 0.3) is 0 Å². The van der Waals surface area contributed by atoms with E-state index in [1.807, 2.05) is 26.8 Å². The molecule has 1 aromatic heterocycles. The van der Waals surface area contributed by atoms with E-state index in [4.69, 9.17) is 0 Å². The first-order chi connectivity index (χ1) is 9.45. The van der Waals surface area contributed by atoms with Crippen LogP contribution in [0.4, 0.5) is 0 Å². The summed E-state index contributed by atoms with van der Waals surface area (Å²) in [6, 6.07) is 1.94. The van der Waals surface area contributed by atoms with Crippen LogP contribution in [-0.4, -0.2) is 38.4 Å². The minimum absolute atomic E-state index is 0.256. The average Bonchev–Trinajstić information content (AvgIpc) is 2.72. The molecule has 2 atom stereocenters. The SMILES string of the molecule is CCNC1(C(=O)O)CCC(Sc2nc(C)cc(C)n2)C1. The topological polar surface area (TPSA) is 75.1 Å². The average molecular weight is 295 g/mol. The minimum atomic E-state index is -0.773. The summed E-state index contributed by atoms with van der Waals surface area (Å²) in [6.45, 7) is 6.52. The predicted octanol–water partition coefficient (Wildman–Crippen LogP) is 2.17. The lowest BCUT2D eigenvalue weighted by Gasteiger charge is -2.25. The number of aliphatic carboxylic acids is 1. The summed E-state index contributed by atoms with van der Waals surface area (Å²) in [5.74, 6) is -0.746. The zero-order valence-corrected chi connectivity index (χ0v) is 13.0. The number of nitrogens with zero attached hydrogens (tertiary/aromatic N) is 2. The number of aromatic nitrogens is 2. The zero-order chi connectivity index (χ0) is 14.8. The molecule has 1 heterocycles. The number of nitrogens with one attached hydrogen (secondary N) is 1. The summed E-state index contributed by atoms with van der Waals surface area (Å²) >= 11 is 1.60. The van der Waals surface area contributed by atoms with Gasteiger partial charge in [0.1, 0.15) is 5.54 Å². The maximum atomic E-state index is 11.5. The van der Waals surface area contributed by atoms with Gasteiger partial charge in [0.25, 0.3) is 0 Å².